The van der Waals surface area contributed by atoms with Gasteiger partial charge in [-0.15, -0.1) is 0 Å². The lowest BCUT2D eigenvalue weighted by Gasteiger charge is -2.05. The standard InChI is InChI=1S/C10H12N6OS/c1-2-12-6-5-8(16-9(11)14-6)18-10-13-4-3-7(17)15-10/h3-5H,2H2,1H3,(H,13,15,17)(H3,11,12,14,16). The fourth-order valence-corrected chi connectivity index (χ4v) is 2.04. The maximum Gasteiger partial charge on any atom is 0.251 e. The van der Waals surface area contributed by atoms with Gasteiger partial charge in [0.2, 0.25) is 5.95 Å². The van der Waals surface area contributed by atoms with Crippen LogP contribution in [0, 0.1) is 0 Å². The number of rotatable bonds is 4. The third-order valence-corrected chi connectivity index (χ3v) is 2.75. The highest BCUT2D eigenvalue weighted by atomic mass is 32.2. The van der Waals surface area contributed by atoms with Crippen molar-refractivity contribution in [1.29, 1.82) is 0 Å². The average molecular weight is 264 g/mol. The molecule has 2 heterocycles. The number of hydrogen-bond donors (Lipinski definition) is 3. The zero-order valence-corrected chi connectivity index (χ0v) is 10.5. The monoisotopic (exact) mass is 264 g/mol. The Morgan fingerprint density at radius 1 is 1.50 bits per heavy atom. The van der Waals surface area contributed by atoms with Crippen molar-refractivity contribution in [2.75, 3.05) is 17.6 Å². The lowest BCUT2D eigenvalue weighted by Crippen LogP contribution is -2.06. The molecule has 0 aromatic carbocycles. The second kappa shape index (κ2) is 5.50. The number of nitrogen functional groups attached to an aromatic ring is 1. The molecule has 18 heavy (non-hydrogen) atoms. The van der Waals surface area contributed by atoms with E-state index in [-0.39, 0.29) is 11.5 Å². The van der Waals surface area contributed by atoms with E-state index in [2.05, 4.69) is 25.3 Å². The molecule has 0 aliphatic rings. The molecule has 7 nitrogen and oxygen atoms in total. The molecule has 0 aliphatic heterocycles. The van der Waals surface area contributed by atoms with Crippen LogP contribution in [0.5, 0.6) is 0 Å². The number of aromatic amines is 1. The molecular formula is C10H12N6OS. The van der Waals surface area contributed by atoms with E-state index in [9.17, 15) is 4.79 Å². The van der Waals surface area contributed by atoms with Gasteiger partial charge in [-0.2, -0.15) is 4.98 Å². The maximum atomic E-state index is 11.1. The van der Waals surface area contributed by atoms with Crippen molar-refractivity contribution >= 4 is 23.5 Å². The molecule has 94 valence electrons. The number of anilines is 2. The topological polar surface area (TPSA) is 110 Å². The summed E-state index contributed by atoms with van der Waals surface area (Å²) in [5, 5.41) is 4.13. The van der Waals surface area contributed by atoms with Crippen molar-refractivity contribution < 1.29 is 0 Å². The molecule has 0 unspecified atom stereocenters. The molecule has 0 aliphatic carbocycles. The number of nitrogens with zero attached hydrogens (tertiary/aromatic N) is 3. The smallest absolute Gasteiger partial charge is 0.251 e. The van der Waals surface area contributed by atoms with Gasteiger partial charge in [-0.3, -0.25) is 4.79 Å². The van der Waals surface area contributed by atoms with Crippen LogP contribution in [0.15, 0.2) is 33.3 Å². The van der Waals surface area contributed by atoms with Crippen LogP contribution in [0.1, 0.15) is 6.92 Å². The van der Waals surface area contributed by atoms with Gasteiger partial charge >= 0.3 is 0 Å². The summed E-state index contributed by atoms with van der Waals surface area (Å²) in [7, 11) is 0. The van der Waals surface area contributed by atoms with Crippen LogP contribution in [0.2, 0.25) is 0 Å². The molecule has 0 saturated heterocycles. The summed E-state index contributed by atoms with van der Waals surface area (Å²) in [6, 6.07) is 3.10. The minimum Gasteiger partial charge on any atom is -0.370 e. The number of H-pyrrole nitrogens is 1. The molecule has 0 saturated carbocycles. The van der Waals surface area contributed by atoms with Gasteiger partial charge in [-0.1, -0.05) is 0 Å². The van der Waals surface area contributed by atoms with Crippen molar-refractivity contribution in [3.63, 3.8) is 0 Å². The number of nitrogens with one attached hydrogen (secondary N) is 2. The Hall–Kier alpha value is -2.09. The molecule has 2 aromatic rings. The SMILES string of the molecule is CCNc1cc(Sc2nccc(=O)[nH]2)nc(N)n1. The Morgan fingerprint density at radius 3 is 3.06 bits per heavy atom. The van der Waals surface area contributed by atoms with Crippen molar-refractivity contribution in [3.8, 4) is 0 Å². The van der Waals surface area contributed by atoms with Crippen LogP contribution in [-0.4, -0.2) is 26.5 Å². The largest absolute Gasteiger partial charge is 0.370 e. The third kappa shape index (κ3) is 3.20. The molecule has 0 radical (unpaired) electrons. The van der Waals surface area contributed by atoms with E-state index in [1.165, 1.54) is 24.0 Å². The first-order valence-electron chi connectivity index (χ1n) is 5.29. The first kappa shape index (κ1) is 12.4. The highest BCUT2D eigenvalue weighted by molar-refractivity contribution is 7.99. The highest BCUT2D eigenvalue weighted by Crippen LogP contribution is 2.23. The van der Waals surface area contributed by atoms with Crippen LogP contribution in [0.4, 0.5) is 11.8 Å². The minimum absolute atomic E-state index is 0.175. The summed E-state index contributed by atoms with van der Waals surface area (Å²) >= 11 is 1.22. The van der Waals surface area contributed by atoms with Crippen molar-refractivity contribution in [1.82, 2.24) is 19.9 Å². The van der Waals surface area contributed by atoms with E-state index >= 15 is 0 Å². The number of aromatic nitrogens is 4. The van der Waals surface area contributed by atoms with Gasteiger partial charge < -0.3 is 16.0 Å². The Kier molecular flexibility index (Phi) is 3.78. The average Bonchev–Trinajstić information content (AvgIpc) is 2.28. The molecule has 8 heteroatoms. The first-order valence-corrected chi connectivity index (χ1v) is 6.10. The molecule has 2 aromatic heterocycles. The summed E-state index contributed by atoms with van der Waals surface area (Å²) in [5.74, 6) is 0.819. The molecule has 0 atom stereocenters. The number of nitrogens with two attached hydrogens (primary N) is 1. The summed E-state index contributed by atoms with van der Waals surface area (Å²) in [5.41, 5.74) is 5.40. The number of hydrogen-bond acceptors (Lipinski definition) is 7. The maximum absolute atomic E-state index is 11.1. The van der Waals surface area contributed by atoms with Gasteiger partial charge in [0.15, 0.2) is 5.16 Å². The van der Waals surface area contributed by atoms with Crippen LogP contribution < -0.4 is 16.6 Å². The van der Waals surface area contributed by atoms with E-state index < -0.39 is 0 Å². The van der Waals surface area contributed by atoms with Crippen LogP contribution in [0.3, 0.4) is 0 Å². The predicted octanol–water partition coefficient (Wildman–Crippen LogP) is 0.725. The van der Waals surface area contributed by atoms with Crippen LogP contribution >= 0.6 is 11.8 Å². The van der Waals surface area contributed by atoms with Gasteiger partial charge in [-0.05, 0) is 18.7 Å². The van der Waals surface area contributed by atoms with E-state index in [1.54, 1.807) is 6.07 Å². The van der Waals surface area contributed by atoms with Gasteiger partial charge in [0.05, 0.1) is 0 Å². The second-order valence-electron chi connectivity index (χ2n) is 3.32. The first-order chi connectivity index (χ1) is 8.67. The van der Waals surface area contributed by atoms with E-state index in [4.69, 9.17) is 5.73 Å². The zero-order chi connectivity index (χ0) is 13.0. The quantitative estimate of drug-likeness (QED) is 0.551. The molecule has 0 bridgehead atoms. The molecule has 4 N–H and O–H groups in total. The predicted molar refractivity (Wildman–Crippen MR) is 69.6 cm³/mol. The molecular weight excluding hydrogens is 252 g/mol. The fraction of sp³-hybridized carbons (Fsp3) is 0.200. The molecule has 2 rings (SSSR count). The van der Waals surface area contributed by atoms with Crippen LogP contribution in [-0.2, 0) is 0 Å². The van der Waals surface area contributed by atoms with E-state index in [0.29, 0.717) is 16.0 Å². The molecule has 0 spiro atoms. The summed E-state index contributed by atoms with van der Waals surface area (Å²) in [6.45, 7) is 2.70. The third-order valence-electron chi connectivity index (χ3n) is 1.93. The van der Waals surface area contributed by atoms with Gasteiger partial charge in [-0.25, -0.2) is 9.97 Å². The van der Waals surface area contributed by atoms with Crippen molar-refractivity contribution in [2.45, 2.75) is 17.1 Å². The Labute approximate surface area is 107 Å². The van der Waals surface area contributed by atoms with Gasteiger partial charge in [0.25, 0.3) is 5.56 Å². The zero-order valence-electron chi connectivity index (χ0n) is 9.67. The summed E-state index contributed by atoms with van der Waals surface area (Å²) in [6.07, 6.45) is 1.44. The fourth-order valence-electron chi connectivity index (χ4n) is 1.27. The van der Waals surface area contributed by atoms with Crippen molar-refractivity contribution in [2.24, 2.45) is 0 Å². The second-order valence-corrected chi connectivity index (χ2v) is 4.33. The van der Waals surface area contributed by atoms with Gasteiger partial charge in [0.1, 0.15) is 10.8 Å². The van der Waals surface area contributed by atoms with E-state index in [0.717, 1.165) is 6.54 Å². The summed E-state index contributed by atoms with van der Waals surface area (Å²) in [4.78, 5) is 25.9. The minimum atomic E-state index is -0.207. The molecule has 0 fully saturated rings. The van der Waals surface area contributed by atoms with Crippen LogP contribution in [0.25, 0.3) is 0 Å². The molecule has 0 amide bonds. The normalized spacial score (nSPS) is 10.3. The summed E-state index contributed by atoms with van der Waals surface area (Å²) < 4.78 is 0. The lowest BCUT2D eigenvalue weighted by molar-refractivity contribution is 0.930. The van der Waals surface area contributed by atoms with Crippen molar-refractivity contribution in [3.05, 3.63) is 28.7 Å². The lowest BCUT2D eigenvalue weighted by atomic mass is 10.5. The van der Waals surface area contributed by atoms with E-state index in [1.807, 2.05) is 6.92 Å². The highest BCUT2D eigenvalue weighted by Gasteiger charge is 2.05. The van der Waals surface area contributed by atoms with Gasteiger partial charge in [0, 0.05) is 24.9 Å². The Morgan fingerprint density at radius 2 is 2.33 bits per heavy atom. The Balaban J connectivity index is 2.25. The Bertz CT molecular complexity index is 599.